The van der Waals surface area contributed by atoms with Crippen molar-refractivity contribution in [2.75, 3.05) is 27.9 Å². The zero-order valence-corrected chi connectivity index (χ0v) is 16.4. The van der Waals surface area contributed by atoms with Crippen LogP contribution in [0.1, 0.15) is 11.1 Å². The van der Waals surface area contributed by atoms with Gasteiger partial charge in [0.25, 0.3) is 0 Å². The van der Waals surface area contributed by atoms with Crippen LogP contribution >= 0.6 is 0 Å². The number of ether oxygens (including phenoxy) is 3. The second kappa shape index (κ2) is 12.2. The molecule has 0 aliphatic heterocycles. The molecule has 2 rings (SSSR count). The van der Waals surface area contributed by atoms with Crippen LogP contribution in [0.2, 0.25) is 0 Å². The number of nitrogens with one attached hydrogen (secondary N) is 1. The van der Waals surface area contributed by atoms with Crippen LogP contribution < -0.4 is 19.5 Å². The van der Waals surface area contributed by atoms with Crippen molar-refractivity contribution in [3.63, 3.8) is 0 Å². The smallest absolute Gasteiger partial charge is 0.414 e. The van der Waals surface area contributed by atoms with Crippen molar-refractivity contribution in [1.82, 2.24) is 5.32 Å². The van der Waals surface area contributed by atoms with Gasteiger partial charge in [-0.2, -0.15) is 0 Å². The molecule has 0 heterocycles. The number of carboxylic acids is 2. The van der Waals surface area contributed by atoms with E-state index in [0.717, 1.165) is 11.3 Å². The third kappa shape index (κ3) is 7.67. The van der Waals surface area contributed by atoms with Crippen LogP contribution in [0.4, 0.5) is 4.39 Å². The maximum absolute atomic E-state index is 13.6. The first-order valence-corrected chi connectivity index (χ1v) is 8.53. The molecule has 0 amide bonds. The van der Waals surface area contributed by atoms with Gasteiger partial charge in [0.05, 0.1) is 21.3 Å². The molecule has 29 heavy (non-hydrogen) atoms. The number of methoxy groups -OCH3 is 3. The molecule has 0 radical (unpaired) electrons. The summed E-state index contributed by atoms with van der Waals surface area (Å²) < 4.78 is 29.5. The van der Waals surface area contributed by atoms with Gasteiger partial charge in [-0.05, 0) is 30.7 Å². The highest BCUT2D eigenvalue weighted by Gasteiger charge is 2.11. The van der Waals surface area contributed by atoms with Gasteiger partial charge in [-0.15, -0.1) is 0 Å². The van der Waals surface area contributed by atoms with E-state index in [1.165, 1.54) is 6.07 Å². The van der Waals surface area contributed by atoms with Gasteiger partial charge in [0, 0.05) is 18.2 Å². The molecule has 2 aromatic carbocycles. The highest BCUT2D eigenvalue weighted by molar-refractivity contribution is 6.27. The highest BCUT2D eigenvalue weighted by atomic mass is 19.1. The third-order valence-electron chi connectivity index (χ3n) is 3.81. The van der Waals surface area contributed by atoms with E-state index in [9.17, 15) is 4.39 Å². The van der Waals surface area contributed by atoms with Crippen LogP contribution in [0.15, 0.2) is 36.4 Å². The Balaban J connectivity index is 0.000000612. The SMILES string of the molecule is COc1cc(OC)c(OC)cc1CNCCc1ccccc1F.O=C(O)C(=O)O. The van der Waals surface area contributed by atoms with E-state index in [1.807, 2.05) is 12.1 Å². The van der Waals surface area contributed by atoms with E-state index in [1.54, 1.807) is 39.5 Å². The molecule has 0 bridgehead atoms. The Labute approximate surface area is 167 Å². The summed E-state index contributed by atoms with van der Waals surface area (Å²) in [6, 6.07) is 10.5. The molecule has 9 heteroatoms. The van der Waals surface area contributed by atoms with Gasteiger partial charge in [-0.1, -0.05) is 18.2 Å². The van der Waals surface area contributed by atoms with Crippen molar-refractivity contribution >= 4 is 11.9 Å². The Morgan fingerprint density at radius 3 is 1.97 bits per heavy atom. The summed E-state index contributed by atoms with van der Waals surface area (Å²) in [6.07, 6.45) is 0.627. The number of rotatable bonds is 8. The molecule has 0 saturated carbocycles. The van der Waals surface area contributed by atoms with Gasteiger partial charge in [-0.3, -0.25) is 0 Å². The Morgan fingerprint density at radius 2 is 1.45 bits per heavy atom. The maximum Gasteiger partial charge on any atom is 0.414 e. The van der Waals surface area contributed by atoms with Gasteiger partial charge in [0.2, 0.25) is 0 Å². The summed E-state index contributed by atoms with van der Waals surface area (Å²) in [6.45, 7) is 1.26. The third-order valence-corrected chi connectivity index (χ3v) is 3.81. The lowest BCUT2D eigenvalue weighted by Crippen LogP contribution is -2.17. The molecule has 0 atom stereocenters. The zero-order chi connectivity index (χ0) is 21.8. The molecule has 0 spiro atoms. The van der Waals surface area contributed by atoms with Crippen LogP contribution in [-0.2, 0) is 22.6 Å². The second-order valence-electron chi connectivity index (χ2n) is 5.65. The van der Waals surface area contributed by atoms with Crippen LogP contribution in [0.3, 0.4) is 0 Å². The number of carboxylic acid groups (broad SMARTS) is 2. The van der Waals surface area contributed by atoms with E-state index in [-0.39, 0.29) is 5.82 Å². The van der Waals surface area contributed by atoms with Gasteiger partial charge >= 0.3 is 11.9 Å². The number of halogens is 1. The minimum atomic E-state index is -1.82. The fraction of sp³-hybridized carbons (Fsp3) is 0.300. The molecule has 0 saturated heterocycles. The van der Waals surface area contributed by atoms with E-state index >= 15 is 0 Å². The number of aliphatic carboxylic acids is 2. The molecule has 0 aliphatic rings. The quantitative estimate of drug-likeness (QED) is 0.450. The van der Waals surface area contributed by atoms with E-state index in [2.05, 4.69) is 5.32 Å². The summed E-state index contributed by atoms with van der Waals surface area (Å²) in [7, 11) is 4.80. The summed E-state index contributed by atoms with van der Waals surface area (Å²) >= 11 is 0. The molecule has 2 aromatic rings. The molecule has 0 aromatic heterocycles. The molecule has 8 nitrogen and oxygen atoms in total. The van der Waals surface area contributed by atoms with Crippen molar-refractivity contribution in [2.24, 2.45) is 0 Å². The average Bonchev–Trinajstić information content (AvgIpc) is 2.72. The Kier molecular flexibility index (Phi) is 9.97. The van der Waals surface area contributed by atoms with Crippen molar-refractivity contribution in [3.05, 3.63) is 53.3 Å². The van der Waals surface area contributed by atoms with E-state index in [4.69, 9.17) is 34.0 Å². The lowest BCUT2D eigenvalue weighted by atomic mass is 10.1. The molecule has 3 N–H and O–H groups in total. The topological polar surface area (TPSA) is 114 Å². The fourth-order valence-corrected chi connectivity index (χ4v) is 2.38. The normalized spacial score (nSPS) is 9.79. The first-order chi connectivity index (χ1) is 13.8. The predicted molar refractivity (Wildman–Crippen MR) is 103 cm³/mol. The van der Waals surface area contributed by atoms with Crippen molar-refractivity contribution < 1.29 is 38.4 Å². The van der Waals surface area contributed by atoms with Crippen LogP contribution in [0, 0.1) is 5.82 Å². The molecular formula is C20H24FNO7. The monoisotopic (exact) mass is 409 g/mol. The Bertz CT molecular complexity index is 814. The van der Waals surface area contributed by atoms with Crippen molar-refractivity contribution in [3.8, 4) is 17.2 Å². The minimum absolute atomic E-state index is 0.169. The summed E-state index contributed by atoms with van der Waals surface area (Å²) in [5.41, 5.74) is 1.66. The Hall–Kier alpha value is -3.33. The summed E-state index contributed by atoms with van der Waals surface area (Å²) in [4.78, 5) is 18.2. The van der Waals surface area contributed by atoms with Crippen molar-refractivity contribution in [2.45, 2.75) is 13.0 Å². The summed E-state index contributed by atoms with van der Waals surface area (Å²) in [5, 5.41) is 18.1. The van der Waals surface area contributed by atoms with Gasteiger partial charge in [-0.25, -0.2) is 14.0 Å². The first-order valence-electron chi connectivity index (χ1n) is 8.53. The maximum atomic E-state index is 13.6. The number of carbonyl (C=O) groups is 2. The number of hydrogen-bond donors (Lipinski definition) is 3. The van der Waals surface area contributed by atoms with E-state index in [0.29, 0.717) is 36.6 Å². The largest absolute Gasteiger partial charge is 0.496 e. The number of hydrogen-bond acceptors (Lipinski definition) is 6. The number of benzene rings is 2. The molecule has 0 aliphatic carbocycles. The lowest BCUT2D eigenvalue weighted by molar-refractivity contribution is -0.159. The molecule has 158 valence electrons. The Morgan fingerprint density at radius 1 is 0.897 bits per heavy atom. The highest BCUT2D eigenvalue weighted by Crippen LogP contribution is 2.34. The minimum Gasteiger partial charge on any atom is -0.496 e. The van der Waals surface area contributed by atoms with E-state index < -0.39 is 11.9 Å². The zero-order valence-electron chi connectivity index (χ0n) is 16.4. The van der Waals surface area contributed by atoms with Gasteiger partial charge in [0.15, 0.2) is 11.5 Å². The van der Waals surface area contributed by atoms with Crippen LogP contribution in [0.25, 0.3) is 0 Å². The van der Waals surface area contributed by atoms with Crippen molar-refractivity contribution in [1.29, 1.82) is 0 Å². The molecule has 0 fully saturated rings. The second-order valence-corrected chi connectivity index (χ2v) is 5.65. The average molecular weight is 409 g/mol. The standard InChI is InChI=1S/C18H22FNO3.C2H2O4/c1-21-16-11-18(23-3)17(22-2)10-14(16)12-20-9-8-13-6-4-5-7-15(13)19;3-1(4)2(5)6/h4-7,10-11,20H,8-9,12H2,1-3H3;(H,3,4)(H,5,6). The van der Waals surface area contributed by atoms with Gasteiger partial charge < -0.3 is 29.7 Å². The molecule has 0 unspecified atom stereocenters. The first kappa shape index (κ1) is 23.7. The molecular weight excluding hydrogens is 385 g/mol. The van der Waals surface area contributed by atoms with Crippen LogP contribution in [-0.4, -0.2) is 50.0 Å². The summed E-state index contributed by atoms with van der Waals surface area (Å²) in [5.74, 6) is -1.82. The predicted octanol–water partition coefficient (Wildman–Crippen LogP) is 2.34. The lowest BCUT2D eigenvalue weighted by Gasteiger charge is -2.14. The fourth-order valence-electron chi connectivity index (χ4n) is 2.38. The van der Waals surface area contributed by atoms with Crippen LogP contribution in [0.5, 0.6) is 17.2 Å². The van der Waals surface area contributed by atoms with Gasteiger partial charge in [0.1, 0.15) is 11.6 Å².